The predicted octanol–water partition coefficient (Wildman–Crippen LogP) is 3.38. The number of carbonyl (C=O) groups is 1. The van der Waals surface area contributed by atoms with E-state index in [9.17, 15) is 17.6 Å². The number of hydrogen-bond acceptors (Lipinski definition) is 4. The fourth-order valence-corrected chi connectivity index (χ4v) is 4.16. The number of hydrogen-bond donors (Lipinski definition) is 2. The quantitative estimate of drug-likeness (QED) is 0.515. The summed E-state index contributed by atoms with van der Waals surface area (Å²) in [4.78, 5) is 12.1. The highest BCUT2D eigenvalue weighted by atomic mass is 32.2. The first-order valence-corrected chi connectivity index (χ1v) is 10.8. The van der Waals surface area contributed by atoms with Crippen LogP contribution in [-0.2, 0) is 14.8 Å². The van der Waals surface area contributed by atoms with Gasteiger partial charge in [-0.25, -0.2) is 12.8 Å². The maximum Gasteiger partial charge on any atom is 0.250 e. The summed E-state index contributed by atoms with van der Waals surface area (Å²) in [6, 6.07) is 11.8. The molecule has 0 aromatic heterocycles. The molecule has 0 unspecified atom stereocenters. The molecular formula is C20H22FN3O3S2. The minimum Gasteiger partial charge on any atom is -0.332 e. The minimum absolute atomic E-state index is 0.0677. The molecule has 2 rings (SSSR count). The van der Waals surface area contributed by atoms with Crippen molar-refractivity contribution in [2.45, 2.75) is 18.7 Å². The van der Waals surface area contributed by atoms with Crippen molar-refractivity contribution in [2.75, 3.05) is 18.4 Å². The van der Waals surface area contributed by atoms with Crippen LogP contribution < -0.4 is 10.6 Å². The van der Waals surface area contributed by atoms with Crippen LogP contribution in [0.3, 0.4) is 0 Å². The second kappa shape index (κ2) is 10.2. The Morgan fingerprint density at radius 2 is 1.66 bits per heavy atom. The Bertz CT molecular complexity index is 985. The number of benzene rings is 2. The SMILES string of the molecule is CCN(CC)S(=O)(=O)c1ccc(NC(=S)NC(=O)/C=C/c2ccc(F)cc2)cc1. The molecule has 0 fully saturated rings. The summed E-state index contributed by atoms with van der Waals surface area (Å²) in [5, 5.41) is 5.38. The zero-order valence-corrected chi connectivity index (χ0v) is 17.7. The summed E-state index contributed by atoms with van der Waals surface area (Å²) < 4.78 is 39.2. The van der Waals surface area contributed by atoms with Crippen molar-refractivity contribution in [2.24, 2.45) is 0 Å². The van der Waals surface area contributed by atoms with E-state index >= 15 is 0 Å². The molecule has 0 aliphatic rings. The molecule has 154 valence electrons. The number of anilines is 1. The van der Waals surface area contributed by atoms with Gasteiger partial charge < -0.3 is 5.32 Å². The van der Waals surface area contributed by atoms with Crippen molar-refractivity contribution < 1.29 is 17.6 Å². The van der Waals surface area contributed by atoms with Crippen LogP contribution in [0.25, 0.3) is 6.08 Å². The number of rotatable bonds is 7. The van der Waals surface area contributed by atoms with Gasteiger partial charge in [0.15, 0.2) is 5.11 Å². The molecule has 0 spiro atoms. The number of nitrogens with zero attached hydrogens (tertiary/aromatic N) is 1. The Morgan fingerprint density at radius 1 is 1.07 bits per heavy atom. The number of thiocarbonyl (C=S) groups is 1. The Morgan fingerprint density at radius 3 is 2.21 bits per heavy atom. The maximum atomic E-state index is 12.9. The first-order chi connectivity index (χ1) is 13.8. The molecule has 2 aromatic carbocycles. The molecule has 0 bridgehead atoms. The zero-order chi connectivity index (χ0) is 21.4. The summed E-state index contributed by atoms with van der Waals surface area (Å²) >= 11 is 5.09. The van der Waals surface area contributed by atoms with E-state index in [1.807, 2.05) is 0 Å². The van der Waals surface area contributed by atoms with Crippen LogP contribution in [0.2, 0.25) is 0 Å². The van der Waals surface area contributed by atoms with Crippen molar-refractivity contribution >= 4 is 45.0 Å². The second-order valence-electron chi connectivity index (χ2n) is 5.94. The first kappa shape index (κ1) is 22.7. The third-order valence-corrected chi connectivity index (χ3v) is 6.26. The third kappa shape index (κ3) is 6.45. The Balaban J connectivity index is 1.95. The van der Waals surface area contributed by atoms with E-state index in [4.69, 9.17) is 12.2 Å². The summed E-state index contributed by atoms with van der Waals surface area (Å²) in [6.45, 7) is 4.34. The van der Waals surface area contributed by atoms with Crippen molar-refractivity contribution in [1.82, 2.24) is 9.62 Å². The second-order valence-corrected chi connectivity index (χ2v) is 8.29. The summed E-state index contributed by atoms with van der Waals surface area (Å²) in [5.74, 6) is -0.805. The van der Waals surface area contributed by atoms with Gasteiger partial charge in [-0.2, -0.15) is 4.31 Å². The Labute approximate surface area is 175 Å². The Kier molecular flexibility index (Phi) is 8.00. The number of carbonyl (C=O) groups excluding carboxylic acids is 1. The van der Waals surface area contributed by atoms with E-state index in [0.29, 0.717) is 24.3 Å². The van der Waals surface area contributed by atoms with E-state index < -0.39 is 15.9 Å². The fraction of sp³-hybridized carbons (Fsp3) is 0.200. The van der Waals surface area contributed by atoms with E-state index in [-0.39, 0.29) is 15.8 Å². The molecule has 1 amide bonds. The molecule has 2 aromatic rings. The summed E-state index contributed by atoms with van der Waals surface area (Å²) in [6.07, 6.45) is 2.81. The average Bonchev–Trinajstić information content (AvgIpc) is 2.68. The van der Waals surface area contributed by atoms with Gasteiger partial charge in [0.2, 0.25) is 15.9 Å². The third-order valence-electron chi connectivity index (χ3n) is 3.99. The van der Waals surface area contributed by atoms with Gasteiger partial charge in [0.05, 0.1) is 4.90 Å². The lowest BCUT2D eigenvalue weighted by Gasteiger charge is -2.18. The van der Waals surface area contributed by atoms with Gasteiger partial charge >= 0.3 is 0 Å². The lowest BCUT2D eigenvalue weighted by Crippen LogP contribution is -2.33. The summed E-state index contributed by atoms with van der Waals surface area (Å²) in [7, 11) is -3.53. The Hall–Kier alpha value is -2.62. The molecule has 2 N–H and O–H groups in total. The molecule has 0 aliphatic carbocycles. The number of halogens is 1. The van der Waals surface area contributed by atoms with Gasteiger partial charge in [0, 0.05) is 24.9 Å². The molecule has 29 heavy (non-hydrogen) atoms. The molecule has 0 saturated heterocycles. The van der Waals surface area contributed by atoms with Gasteiger partial charge in [-0.3, -0.25) is 10.1 Å². The number of amides is 1. The average molecular weight is 436 g/mol. The van der Waals surface area contributed by atoms with Crippen LogP contribution in [0.4, 0.5) is 10.1 Å². The normalized spacial score (nSPS) is 11.6. The van der Waals surface area contributed by atoms with Crippen molar-refractivity contribution in [3.05, 3.63) is 66.0 Å². The van der Waals surface area contributed by atoms with Crippen molar-refractivity contribution in [1.29, 1.82) is 0 Å². The van der Waals surface area contributed by atoms with E-state index in [2.05, 4.69) is 10.6 Å². The predicted molar refractivity (Wildman–Crippen MR) is 116 cm³/mol. The maximum absolute atomic E-state index is 12.9. The van der Waals surface area contributed by atoms with E-state index in [1.165, 1.54) is 40.7 Å². The van der Waals surface area contributed by atoms with Gasteiger partial charge in [-0.15, -0.1) is 0 Å². The molecule has 0 atom stereocenters. The first-order valence-electron chi connectivity index (χ1n) is 8.92. The van der Waals surface area contributed by atoms with Crippen LogP contribution in [0.5, 0.6) is 0 Å². The fourth-order valence-electron chi connectivity index (χ4n) is 2.48. The highest BCUT2D eigenvalue weighted by Crippen LogP contribution is 2.18. The van der Waals surface area contributed by atoms with Crippen LogP contribution >= 0.6 is 12.2 Å². The molecule has 0 aliphatic heterocycles. The lowest BCUT2D eigenvalue weighted by atomic mass is 10.2. The molecule has 0 heterocycles. The van der Waals surface area contributed by atoms with Gasteiger partial charge in [-0.05, 0) is 60.3 Å². The van der Waals surface area contributed by atoms with Crippen molar-refractivity contribution in [3.63, 3.8) is 0 Å². The van der Waals surface area contributed by atoms with Crippen LogP contribution in [0.1, 0.15) is 19.4 Å². The van der Waals surface area contributed by atoms with Crippen LogP contribution in [-0.4, -0.2) is 36.8 Å². The molecular weight excluding hydrogens is 413 g/mol. The topological polar surface area (TPSA) is 78.5 Å². The standard InChI is InChI=1S/C20H22FN3O3S2/c1-3-24(4-2)29(26,27)18-12-10-17(11-13-18)22-20(28)23-19(25)14-7-15-5-8-16(21)9-6-15/h5-14H,3-4H2,1-2H3,(H2,22,23,25,28)/b14-7+. The molecule has 0 radical (unpaired) electrons. The van der Waals surface area contributed by atoms with Crippen molar-refractivity contribution in [3.8, 4) is 0 Å². The molecule has 9 heteroatoms. The van der Waals surface area contributed by atoms with E-state index in [1.54, 1.807) is 38.1 Å². The van der Waals surface area contributed by atoms with Gasteiger partial charge in [0.25, 0.3) is 0 Å². The van der Waals surface area contributed by atoms with Crippen LogP contribution in [0, 0.1) is 5.82 Å². The van der Waals surface area contributed by atoms with Gasteiger partial charge in [0.1, 0.15) is 5.82 Å². The highest BCUT2D eigenvalue weighted by Gasteiger charge is 2.21. The summed E-state index contributed by atoms with van der Waals surface area (Å²) in [5.41, 5.74) is 1.21. The van der Waals surface area contributed by atoms with Gasteiger partial charge in [-0.1, -0.05) is 26.0 Å². The number of nitrogens with one attached hydrogen (secondary N) is 2. The zero-order valence-electron chi connectivity index (χ0n) is 16.1. The largest absolute Gasteiger partial charge is 0.332 e. The monoisotopic (exact) mass is 435 g/mol. The molecule has 6 nitrogen and oxygen atoms in total. The molecule has 0 saturated carbocycles. The lowest BCUT2D eigenvalue weighted by molar-refractivity contribution is -0.115. The number of sulfonamides is 1. The highest BCUT2D eigenvalue weighted by molar-refractivity contribution is 7.89. The minimum atomic E-state index is -3.53. The van der Waals surface area contributed by atoms with E-state index in [0.717, 1.165) is 0 Å². The van der Waals surface area contributed by atoms with Crippen LogP contribution in [0.15, 0.2) is 59.5 Å². The smallest absolute Gasteiger partial charge is 0.250 e.